The van der Waals surface area contributed by atoms with Crippen LogP contribution in [0, 0.1) is 0 Å². The Morgan fingerprint density at radius 3 is 2.29 bits per heavy atom. The van der Waals surface area contributed by atoms with Gasteiger partial charge in [0, 0.05) is 33.4 Å². The predicted octanol–water partition coefficient (Wildman–Crippen LogP) is 7.68. The summed E-state index contributed by atoms with van der Waals surface area (Å²) in [5.41, 5.74) is 0.670. The molecule has 0 saturated heterocycles. The van der Waals surface area contributed by atoms with Crippen LogP contribution in [0.25, 0.3) is 11.4 Å². The number of alkyl halides is 3. The number of rotatable bonds is 6. The molecule has 5 nitrogen and oxygen atoms in total. The van der Waals surface area contributed by atoms with Crippen molar-refractivity contribution in [2.24, 2.45) is 5.16 Å². The molecule has 2 aromatic heterocycles. The highest BCUT2D eigenvalue weighted by atomic mass is 35.5. The Kier molecular flexibility index (Phi) is 7.11. The maximum atomic E-state index is 12.9. The normalized spacial score (nSPS) is 12.1. The highest BCUT2D eigenvalue weighted by Gasteiger charge is 2.32. The zero-order chi connectivity index (χ0) is 24.3. The topological polar surface area (TPSA) is 60.5 Å². The Morgan fingerprint density at radius 2 is 1.65 bits per heavy atom. The summed E-state index contributed by atoms with van der Waals surface area (Å²) in [5.74, 6) is 0.184. The summed E-state index contributed by atoms with van der Waals surface area (Å²) in [5, 5.41) is 8.70. The first kappa shape index (κ1) is 24.1. The van der Waals surface area contributed by atoms with E-state index in [0.717, 1.165) is 6.07 Å². The number of hydrogen-bond donors (Lipinski definition) is 0. The van der Waals surface area contributed by atoms with E-state index in [1.807, 2.05) is 6.07 Å². The first-order valence-electron chi connectivity index (χ1n) is 9.62. The van der Waals surface area contributed by atoms with Crippen molar-refractivity contribution in [3.05, 3.63) is 104 Å². The van der Waals surface area contributed by atoms with Crippen molar-refractivity contribution < 1.29 is 22.5 Å². The number of pyridine rings is 1. The molecule has 0 spiro atoms. The SMILES string of the molecule is FC(F)(F)c1cnc(-c2cc(/C(=N\OCc3c(Cl)cccc3Cl)c3ccccc3)on2)c(Cl)c1. The number of benzene rings is 2. The third-order valence-electron chi connectivity index (χ3n) is 4.63. The van der Waals surface area contributed by atoms with Gasteiger partial charge in [-0.15, -0.1) is 0 Å². The standard InChI is InChI=1S/C23H13Cl3F3N3O2/c24-16-7-4-8-17(25)15(16)12-33-32-21(13-5-2-1-3-6-13)20-10-19(31-34-20)22-18(26)9-14(11-30-22)23(27,28)29/h1-11H,12H2/b32-21-. The zero-order valence-corrected chi connectivity index (χ0v) is 19.3. The molecule has 0 amide bonds. The van der Waals surface area contributed by atoms with E-state index < -0.39 is 11.7 Å². The Morgan fingerprint density at radius 1 is 0.941 bits per heavy atom. The van der Waals surface area contributed by atoms with Crippen LogP contribution < -0.4 is 0 Å². The Hall–Kier alpha value is -3.07. The van der Waals surface area contributed by atoms with Gasteiger partial charge in [0.25, 0.3) is 0 Å². The second kappa shape index (κ2) is 10.0. The fourth-order valence-corrected chi connectivity index (χ4v) is 3.72. The summed E-state index contributed by atoms with van der Waals surface area (Å²) < 4.78 is 44.1. The molecule has 0 N–H and O–H groups in total. The molecular weight excluding hydrogens is 514 g/mol. The first-order chi connectivity index (χ1) is 16.2. The monoisotopic (exact) mass is 525 g/mol. The Labute approximate surface area is 206 Å². The molecule has 4 aromatic rings. The van der Waals surface area contributed by atoms with Gasteiger partial charge in [-0.3, -0.25) is 4.98 Å². The second-order valence-corrected chi connectivity index (χ2v) is 8.13. The van der Waals surface area contributed by atoms with Gasteiger partial charge in [0.15, 0.2) is 11.5 Å². The lowest BCUT2D eigenvalue weighted by Gasteiger charge is -2.07. The van der Waals surface area contributed by atoms with Crippen LogP contribution in [0.5, 0.6) is 0 Å². The fraction of sp³-hybridized carbons (Fsp3) is 0.0870. The zero-order valence-electron chi connectivity index (χ0n) is 17.0. The molecule has 4 rings (SSSR count). The average Bonchev–Trinajstić information content (AvgIpc) is 3.28. The number of halogens is 6. The average molecular weight is 527 g/mol. The minimum absolute atomic E-state index is 0.0118. The third-order valence-corrected chi connectivity index (χ3v) is 5.62. The van der Waals surface area contributed by atoms with E-state index in [2.05, 4.69) is 15.3 Å². The molecule has 0 saturated carbocycles. The molecule has 0 aliphatic carbocycles. The van der Waals surface area contributed by atoms with Gasteiger partial charge >= 0.3 is 6.18 Å². The van der Waals surface area contributed by atoms with E-state index in [-0.39, 0.29) is 34.5 Å². The molecule has 2 heterocycles. The lowest BCUT2D eigenvalue weighted by Crippen LogP contribution is -2.05. The fourth-order valence-electron chi connectivity index (χ4n) is 2.95. The smallest absolute Gasteiger partial charge is 0.390 e. The molecule has 0 unspecified atom stereocenters. The largest absolute Gasteiger partial charge is 0.417 e. The Balaban J connectivity index is 1.66. The maximum absolute atomic E-state index is 12.9. The van der Waals surface area contributed by atoms with Gasteiger partial charge in [-0.2, -0.15) is 13.2 Å². The van der Waals surface area contributed by atoms with Gasteiger partial charge in [0.2, 0.25) is 0 Å². The summed E-state index contributed by atoms with van der Waals surface area (Å²) in [6.07, 6.45) is -3.89. The highest BCUT2D eigenvalue weighted by Crippen LogP contribution is 2.34. The summed E-state index contributed by atoms with van der Waals surface area (Å²) in [6, 6.07) is 16.3. The Bertz CT molecular complexity index is 1320. The van der Waals surface area contributed by atoms with E-state index in [4.69, 9.17) is 44.2 Å². The van der Waals surface area contributed by atoms with Crippen LogP contribution >= 0.6 is 34.8 Å². The van der Waals surface area contributed by atoms with Crippen LogP contribution in [0.1, 0.15) is 22.5 Å². The number of aromatic nitrogens is 2. The lowest BCUT2D eigenvalue weighted by atomic mass is 10.1. The van der Waals surface area contributed by atoms with E-state index in [1.165, 1.54) is 6.07 Å². The third kappa shape index (κ3) is 5.35. The molecular formula is C23H13Cl3F3N3O2. The maximum Gasteiger partial charge on any atom is 0.417 e. The van der Waals surface area contributed by atoms with Crippen LogP contribution in [0.15, 0.2) is 76.5 Å². The summed E-state index contributed by atoms with van der Waals surface area (Å²) in [6.45, 7) is -0.0118. The molecule has 0 atom stereocenters. The van der Waals surface area contributed by atoms with Crippen LogP contribution in [0.2, 0.25) is 15.1 Å². The summed E-state index contributed by atoms with van der Waals surface area (Å²) in [7, 11) is 0. The molecule has 2 aromatic carbocycles. The molecule has 0 bridgehead atoms. The first-order valence-corrected chi connectivity index (χ1v) is 10.8. The summed E-state index contributed by atoms with van der Waals surface area (Å²) >= 11 is 18.4. The van der Waals surface area contributed by atoms with Crippen molar-refractivity contribution >= 4 is 40.5 Å². The van der Waals surface area contributed by atoms with E-state index >= 15 is 0 Å². The van der Waals surface area contributed by atoms with E-state index in [0.29, 0.717) is 27.4 Å². The molecule has 0 radical (unpaired) electrons. The second-order valence-electron chi connectivity index (χ2n) is 6.91. The van der Waals surface area contributed by atoms with Gasteiger partial charge in [0.1, 0.15) is 18.0 Å². The molecule has 174 valence electrons. The summed E-state index contributed by atoms with van der Waals surface area (Å²) in [4.78, 5) is 9.32. The van der Waals surface area contributed by atoms with Crippen molar-refractivity contribution in [2.75, 3.05) is 0 Å². The van der Waals surface area contributed by atoms with Gasteiger partial charge in [-0.05, 0) is 18.2 Å². The van der Waals surface area contributed by atoms with Crippen LogP contribution in [0.4, 0.5) is 13.2 Å². The minimum Gasteiger partial charge on any atom is -0.390 e. The highest BCUT2D eigenvalue weighted by molar-refractivity contribution is 6.36. The molecule has 11 heteroatoms. The molecule has 0 aliphatic heterocycles. The molecule has 0 aliphatic rings. The van der Waals surface area contributed by atoms with Crippen LogP contribution in [-0.2, 0) is 17.6 Å². The van der Waals surface area contributed by atoms with Crippen molar-refractivity contribution in [1.82, 2.24) is 10.1 Å². The van der Waals surface area contributed by atoms with Crippen molar-refractivity contribution in [3.8, 4) is 11.4 Å². The molecule has 0 fully saturated rings. The van der Waals surface area contributed by atoms with Crippen molar-refractivity contribution in [2.45, 2.75) is 12.8 Å². The number of hydrogen-bond acceptors (Lipinski definition) is 5. The van der Waals surface area contributed by atoms with Gasteiger partial charge in [-0.1, -0.05) is 81.5 Å². The number of nitrogens with zero attached hydrogens (tertiary/aromatic N) is 3. The number of oxime groups is 1. The van der Waals surface area contributed by atoms with Crippen molar-refractivity contribution in [3.63, 3.8) is 0 Å². The minimum atomic E-state index is -4.57. The van der Waals surface area contributed by atoms with Gasteiger partial charge < -0.3 is 9.36 Å². The van der Waals surface area contributed by atoms with E-state index in [9.17, 15) is 13.2 Å². The van der Waals surface area contributed by atoms with Gasteiger partial charge in [0.05, 0.1) is 10.6 Å². The molecule has 34 heavy (non-hydrogen) atoms. The van der Waals surface area contributed by atoms with Crippen LogP contribution in [-0.4, -0.2) is 15.9 Å². The van der Waals surface area contributed by atoms with Crippen molar-refractivity contribution in [1.29, 1.82) is 0 Å². The van der Waals surface area contributed by atoms with Crippen LogP contribution in [0.3, 0.4) is 0 Å². The van der Waals surface area contributed by atoms with Gasteiger partial charge in [-0.25, -0.2) is 0 Å². The quantitative estimate of drug-likeness (QED) is 0.191. The van der Waals surface area contributed by atoms with E-state index in [1.54, 1.807) is 42.5 Å². The predicted molar refractivity (Wildman–Crippen MR) is 123 cm³/mol. The lowest BCUT2D eigenvalue weighted by molar-refractivity contribution is -0.137.